The van der Waals surface area contributed by atoms with Gasteiger partial charge in [0.2, 0.25) is 0 Å². The quantitative estimate of drug-likeness (QED) is 0.456. The van der Waals surface area contributed by atoms with Crippen LogP contribution in [-0.2, 0) is 0 Å². The molecule has 0 saturated carbocycles. The average Bonchev–Trinajstić information content (AvgIpc) is 2.61. The largest absolute Gasteiger partial charge is 0.342 e. The molecule has 0 fully saturated rings. The van der Waals surface area contributed by atoms with E-state index < -0.39 is 0 Å². The molecular formula is C8H8N4S. The number of nitrogens with one attached hydrogen (secondary N) is 1. The van der Waals surface area contributed by atoms with Crippen molar-refractivity contribution in [1.82, 2.24) is 19.9 Å². The predicted molar refractivity (Wildman–Crippen MR) is 52.6 cm³/mol. The normalized spacial score (nSPS) is 10.5. The Labute approximate surface area is 79.5 Å². The van der Waals surface area contributed by atoms with E-state index in [-0.39, 0.29) is 0 Å². The minimum Gasteiger partial charge on any atom is -0.342 e. The Bertz CT molecular complexity index is 423. The topological polar surface area (TPSA) is 54.5 Å². The Balaban J connectivity index is 2.31. The van der Waals surface area contributed by atoms with Crippen molar-refractivity contribution in [3.8, 4) is 0 Å². The molecule has 0 bridgehead atoms. The van der Waals surface area contributed by atoms with E-state index in [1.807, 2.05) is 6.08 Å². The zero-order valence-electron chi connectivity index (χ0n) is 6.90. The first kappa shape index (κ1) is 8.25. The number of hydrogen-bond acceptors (Lipinski definition) is 4. The molecule has 66 valence electrons. The van der Waals surface area contributed by atoms with Crippen LogP contribution in [0.2, 0.25) is 0 Å². The summed E-state index contributed by atoms with van der Waals surface area (Å²) in [5.74, 6) is 0.815. The van der Waals surface area contributed by atoms with Crippen molar-refractivity contribution in [2.75, 3.05) is 5.75 Å². The SMILES string of the molecule is C=CCSc1ncc2[nH]cnc2n1. The molecule has 5 heteroatoms. The zero-order valence-corrected chi connectivity index (χ0v) is 7.71. The van der Waals surface area contributed by atoms with Crippen LogP contribution < -0.4 is 0 Å². The van der Waals surface area contributed by atoms with Crippen molar-refractivity contribution < 1.29 is 0 Å². The molecule has 0 atom stereocenters. The number of rotatable bonds is 3. The standard InChI is InChI=1S/C8H8N4S/c1-2-3-13-8-9-4-6-7(12-8)11-5-10-6/h2,4-5H,1,3H2,(H,9,10,11,12). The van der Waals surface area contributed by atoms with Gasteiger partial charge in [-0.05, 0) is 0 Å². The van der Waals surface area contributed by atoms with Crippen LogP contribution in [0.15, 0.2) is 30.3 Å². The fraction of sp³-hybridized carbons (Fsp3) is 0.125. The van der Waals surface area contributed by atoms with Crippen molar-refractivity contribution in [2.24, 2.45) is 0 Å². The lowest BCUT2D eigenvalue weighted by Crippen LogP contribution is -1.87. The van der Waals surface area contributed by atoms with Crippen LogP contribution in [0.5, 0.6) is 0 Å². The highest BCUT2D eigenvalue weighted by Crippen LogP contribution is 2.14. The maximum Gasteiger partial charge on any atom is 0.190 e. The smallest absolute Gasteiger partial charge is 0.190 e. The van der Waals surface area contributed by atoms with E-state index in [9.17, 15) is 0 Å². The average molecular weight is 192 g/mol. The molecule has 0 amide bonds. The van der Waals surface area contributed by atoms with Gasteiger partial charge >= 0.3 is 0 Å². The molecule has 0 spiro atoms. The van der Waals surface area contributed by atoms with Gasteiger partial charge in [-0.2, -0.15) is 0 Å². The molecule has 0 unspecified atom stereocenters. The Hall–Kier alpha value is -1.36. The summed E-state index contributed by atoms with van der Waals surface area (Å²) in [5, 5.41) is 0.736. The summed E-state index contributed by atoms with van der Waals surface area (Å²) < 4.78 is 0. The van der Waals surface area contributed by atoms with Gasteiger partial charge in [-0.1, -0.05) is 17.8 Å². The molecule has 0 aliphatic carbocycles. The van der Waals surface area contributed by atoms with Gasteiger partial charge in [0.1, 0.15) is 5.52 Å². The first-order chi connectivity index (χ1) is 6.40. The maximum atomic E-state index is 4.23. The van der Waals surface area contributed by atoms with E-state index in [2.05, 4.69) is 26.5 Å². The summed E-state index contributed by atoms with van der Waals surface area (Å²) in [6.45, 7) is 3.63. The molecule has 0 aliphatic rings. The second kappa shape index (κ2) is 3.57. The van der Waals surface area contributed by atoms with Crippen molar-refractivity contribution in [3.63, 3.8) is 0 Å². The van der Waals surface area contributed by atoms with Gasteiger partial charge in [-0.15, -0.1) is 6.58 Å². The summed E-state index contributed by atoms with van der Waals surface area (Å²) >= 11 is 1.54. The van der Waals surface area contributed by atoms with E-state index in [0.29, 0.717) is 5.65 Å². The minimum absolute atomic E-state index is 0.710. The van der Waals surface area contributed by atoms with Gasteiger partial charge in [0.25, 0.3) is 0 Å². The molecule has 0 radical (unpaired) electrons. The molecule has 0 aromatic carbocycles. The summed E-state index contributed by atoms with van der Waals surface area (Å²) in [6.07, 6.45) is 5.17. The number of thioether (sulfide) groups is 1. The van der Waals surface area contributed by atoms with E-state index in [0.717, 1.165) is 16.4 Å². The zero-order chi connectivity index (χ0) is 9.10. The van der Waals surface area contributed by atoms with Crippen LogP contribution in [-0.4, -0.2) is 25.7 Å². The molecule has 4 nitrogen and oxygen atoms in total. The van der Waals surface area contributed by atoms with Crippen LogP contribution in [0.3, 0.4) is 0 Å². The number of imidazole rings is 1. The summed E-state index contributed by atoms with van der Waals surface area (Å²) in [4.78, 5) is 15.4. The fourth-order valence-electron chi connectivity index (χ4n) is 0.923. The third-order valence-electron chi connectivity index (χ3n) is 1.48. The Morgan fingerprint density at radius 1 is 1.54 bits per heavy atom. The molecule has 0 aliphatic heterocycles. The van der Waals surface area contributed by atoms with Crippen LogP contribution in [0, 0.1) is 0 Å². The van der Waals surface area contributed by atoms with E-state index in [1.165, 1.54) is 0 Å². The van der Waals surface area contributed by atoms with E-state index >= 15 is 0 Å². The highest BCUT2D eigenvalue weighted by Gasteiger charge is 2.00. The Morgan fingerprint density at radius 3 is 3.31 bits per heavy atom. The first-order valence-corrected chi connectivity index (χ1v) is 4.78. The summed E-state index contributed by atoms with van der Waals surface area (Å²) in [6, 6.07) is 0. The third-order valence-corrected chi connectivity index (χ3v) is 2.34. The number of H-pyrrole nitrogens is 1. The van der Waals surface area contributed by atoms with Crippen LogP contribution in [0.25, 0.3) is 11.2 Å². The second-order valence-corrected chi connectivity index (χ2v) is 3.38. The third kappa shape index (κ3) is 1.70. The molecule has 13 heavy (non-hydrogen) atoms. The Kier molecular flexibility index (Phi) is 2.27. The van der Waals surface area contributed by atoms with Crippen LogP contribution in [0.1, 0.15) is 0 Å². The van der Waals surface area contributed by atoms with Gasteiger partial charge in [0.15, 0.2) is 10.8 Å². The van der Waals surface area contributed by atoms with Crippen molar-refractivity contribution in [3.05, 3.63) is 25.2 Å². The summed E-state index contributed by atoms with van der Waals surface area (Å²) in [5.41, 5.74) is 1.57. The molecule has 2 aromatic heterocycles. The lowest BCUT2D eigenvalue weighted by Gasteiger charge is -1.94. The van der Waals surface area contributed by atoms with E-state index in [1.54, 1.807) is 24.3 Å². The Morgan fingerprint density at radius 2 is 2.46 bits per heavy atom. The summed E-state index contributed by atoms with van der Waals surface area (Å²) in [7, 11) is 0. The number of hydrogen-bond donors (Lipinski definition) is 1. The van der Waals surface area contributed by atoms with Crippen molar-refractivity contribution in [2.45, 2.75) is 5.16 Å². The minimum atomic E-state index is 0.710. The highest BCUT2D eigenvalue weighted by atomic mass is 32.2. The molecule has 0 saturated heterocycles. The molecule has 1 N–H and O–H groups in total. The lowest BCUT2D eigenvalue weighted by molar-refractivity contribution is 0.995. The highest BCUT2D eigenvalue weighted by molar-refractivity contribution is 7.99. The van der Waals surface area contributed by atoms with Gasteiger partial charge in [-0.25, -0.2) is 15.0 Å². The number of aromatic amines is 1. The van der Waals surface area contributed by atoms with Gasteiger partial charge in [0.05, 0.1) is 12.5 Å². The fourth-order valence-corrected chi connectivity index (χ4v) is 1.47. The number of aromatic nitrogens is 4. The molecular weight excluding hydrogens is 184 g/mol. The maximum absolute atomic E-state index is 4.23. The molecule has 2 heterocycles. The van der Waals surface area contributed by atoms with Crippen molar-refractivity contribution in [1.29, 1.82) is 0 Å². The first-order valence-electron chi connectivity index (χ1n) is 3.80. The van der Waals surface area contributed by atoms with Crippen LogP contribution in [0.4, 0.5) is 0 Å². The van der Waals surface area contributed by atoms with Crippen molar-refractivity contribution >= 4 is 22.9 Å². The monoisotopic (exact) mass is 192 g/mol. The molecule has 2 aromatic rings. The van der Waals surface area contributed by atoms with Gasteiger partial charge in [-0.3, -0.25) is 0 Å². The lowest BCUT2D eigenvalue weighted by atomic mass is 10.6. The van der Waals surface area contributed by atoms with Gasteiger partial charge < -0.3 is 4.98 Å². The van der Waals surface area contributed by atoms with Gasteiger partial charge in [0, 0.05) is 5.75 Å². The van der Waals surface area contributed by atoms with Crippen LogP contribution >= 0.6 is 11.8 Å². The predicted octanol–water partition coefficient (Wildman–Crippen LogP) is 1.63. The number of fused-ring (bicyclic) bond motifs is 1. The molecule has 2 rings (SSSR count). The van der Waals surface area contributed by atoms with E-state index in [4.69, 9.17) is 0 Å². The second-order valence-electron chi connectivity index (χ2n) is 2.39. The number of nitrogens with zero attached hydrogens (tertiary/aromatic N) is 3.